The van der Waals surface area contributed by atoms with E-state index in [1.165, 1.54) is 11.1 Å². The molecule has 0 spiro atoms. The number of carbonyl (C=O) groups excluding carboxylic acids is 1. The van der Waals surface area contributed by atoms with Gasteiger partial charge in [0, 0.05) is 0 Å². The summed E-state index contributed by atoms with van der Waals surface area (Å²) in [6.45, 7) is -1.03. The predicted octanol–water partition coefficient (Wildman–Crippen LogP) is -3.18. The fourth-order valence-electron chi connectivity index (χ4n) is 5.28. The average Bonchev–Trinajstić information content (AvgIpc) is 3.75. The van der Waals surface area contributed by atoms with Crippen LogP contribution in [-0.2, 0) is 29.7 Å². The van der Waals surface area contributed by atoms with E-state index in [1.807, 2.05) is 6.07 Å². The minimum atomic E-state index is -5.35. The molecule has 1 amide bonds. The Morgan fingerprint density at radius 2 is 1.96 bits per heavy atom. The Balaban J connectivity index is 1.27. The van der Waals surface area contributed by atoms with Crippen LogP contribution in [0.5, 0.6) is 11.5 Å². The number of nitrogens with zero attached hydrogens (tertiary/aromatic N) is 5. The van der Waals surface area contributed by atoms with Crippen molar-refractivity contribution in [2.24, 2.45) is 5.73 Å². The monoisotopic (exact) mass is 700 g/mol. The summed E-state index contributed by atoms with van der Waals surface area (Å²) in [7, 11) is -10.7. The third-order valence-electron chi connectivity index (χ3n) is 7.31. The van der Waals surface area contributed by atoms with Crippen LogP contribution in [0.15, 0.2) is 40.6 Å². The van der Waals surface area contributed by atoms with Gasteiger partial charge in [-0.05, 0) is 0 Å². The molecule has 25 heteroatoms. The van der Waals surface area contributed by atoms with Crippen LogP contribution in [0.25, 0.3) is 16.9 Å². The van der Waals surface area contributed by atoms with E-state index in [4.69, 9.17) is 38.7 Å². The normalized spacial score (nSPS) is 29.1. The van der Waals surface area contributed by atoms with E-state index in [1.54, 1.807) is 0 Å². The second kappa shape index (κ2) is 11.0. The summed E-state index contributed by atoms with van der Waals surface area (Å²) in [6.07, 6.45) is -0.900. The van der Waals surface area contributed by atoms with Crippen molar-refractivity contribution in [3.05, 3.63) is 47.5 Å². The van der Waals surface area contributed by atoms with Crippen molar-refractivity contribution in [1.82, 2.24) is 35.4 Å². The summed E-state index contributed by atoms with van der Waals surface area (Å²) in [5.74, 6) is -4.65. The van der Waals surface area contributed by atoms with Crippen LogP contribution in [0, 0.1) is 11.3 Å². The van der Waals surface area contributed by atoms with Crippen LogP contribution in [0.2, 0.25) is 0 Å². The minimum absolute atomic E-state index is 0.00600. The van der Waals surface area contributed by atoms with Gasteiger partial charge in [-0.2, -0.15) is 0 Å². The molecule has 13 N–H and O–H groups in total. The van der Waals surface area contributed by atoms with Crippen LogP contribution in [-0.4, -0.2) is 86.4 Å². The quantitative estimate of drug-likeness (QED) is 0.117. The molecular weight excluding hydrogens is 674 g/mol. The third-order valence-corrected chi connectivity index (χ3v) is 9.21. The van der Waals surface area contributed by atoms with Crippen molar-refractivity contribution in [2.45, 2.75) is 31.2 Å². The van der Waals surface area contributed by atoms with Crippen molar-refractivity contribution in [1.29, 1.82) is 5.26 Å². The van der Waals surface area contributed by atoms with Gasteiger partial charge in [-0.1, -0.05) is 0 Å². The molecule has 2 saturated heterocycles. The van der Waals surface area contributed by atoms with Crippen molar-refractivity contribution < 1.29 is 61.8 Å². The fraction of sp³-hybridized carbons (Fsp3) is 0.273. The van der Waals surface area contributed by atoms with Gasteiger partial charge in [-0.3, -0.25) is 0 Å². The first kappa shape index (κ1) is 31.1. The molecule has 0 aliphatic carbocycles. The number of ether oxygens (including phenoxy) is 1. The molecule has 252 valence electrons. The number of aliphatic hydroxyl groups excluding tert-OH is 1. The Labute approximate surface area is 262 Å². The Morgan fingerprint density at radius 3 is 2.72 bits per heavy atom. The number of amides is 1. The maximum absolute atomic E-state index is 12.4. The molecular formula is C22H26N10O13P2. The van der Waals surface area contributed by atoms with Crippen molar-refractivity contribution in [3.63, 3.8) is 0 Å². The van der Waals surface area contributed by atoms with E-state index in [2.05, 4.69) is 25.9 Å². The van der Waals surface area contributed by atoms with Gasteiger partial charge < -0.3 is 0 Å². The second-order valence-electron chi connectivity index (χ2n) is 10.3. The zero-order chi connectivity index (χ0) is 33.4. The molecule has 2 fully saturated rings. The van der Waals surface area contributed by atoms with Crippen LogP contribution >= 0.6 is 16.3 Å². The van der Waals surface area contributed by atoms with E-state index < -0.39 is 88.1 Å². The summed E-state index contributed by atoms with van der Waals surface area (Å²) in [4.78, 5) is 64.8. The molecule has 23 nitrogen and oxygen atoms in total. The summed E-state index contributed by atoms with van der Waals surface area (Å²) < 4.78 is 33.3. The van der Waals surface area contributed by atoms with Gasteiger partial charge in [-0.15, -0.1) is 0 Å². The number of nitrogen functional groups attached to an aromatic ring is 1. The number of nitrogens with two attached hydrogens (primary N) is 2. The number of furan rings is 1. The third kappa shape index (κ3) is 5.28. The first-order valence-corrected chi connectivity index (χ1v) is 16.8. The first-order chi connectivity index (χ1) is 22.3. The summed E-state index contributed by atoms with van der Waals surface area (Å²) in [6, 6.07) is 1.06. The number of nitriles is 1. The van der Waals surface area contributed by atoms with Gasteiger partial charge in [-0.25, -0.2) is 0 Å². The van der Waals surface area contributed by atoms with Gasteiger partial charge in [0.05, 0.1) is 0 Å². The van der Waals surface area contributed by atoms with E-state index in [0.29, 0.717) is 6.26 Å². The average molecular weight is 700 g/mol. The molecule has 7 heterocycles. The van der Waals surface area contributed by atoms with Gasteiger partial charge in [0.25, 0.3) is 0 Å². The van der Waals surface area contributed by atoms with Gasteiger partial charge in [0.15, 0.2) is 0 Å². The van der Waals surface area contributed by atoms with Crippen molar-refractivity contribution in [2.75, 3.05) is 12.4 Å². The molecule has 47 heavy (non-hydrogen) atoms. The van der Waals surface area contributed by atoms with Crippen molar-refractivity contribution >= 4 is 39.1 Å². The molecule has 2 bridgehead atoms. The Hall–Kier alpha value is -4.56. The SMILES string of the molecule is N#Cc1cn(-c2oc3c(c2O)O[PH](O)(O)O/C=C2/OC(N4CN[C@H]5C(=O)NC(N)NC54)=C(O[PH](O)(O)OC3)[C@@H]2O)c2ncnc(N)c12. The van der Waals surface area contributed by atoms with Crippen LogP contribution in [0.3, 0.4) is 0 Å². The zero-order valence-corrected chi connectivity index (χ0v) is 25.4. The standard InChI is InChI=1S/C22H26N10O13P2/c23-1-7-2-31(17-10(7)16(24)26-5-27-17)20-13(34)14-9(43-20)4-41-47(38,39)45-15-12(33)8(3-40-46(36,37)44-14)42-21(15)32-6-28-11-18(32)29-22(25)30-19(11)35/h2-3,5,11-12,18,22,28-29,33-34,36-39,46-47H,4,6,25H2,(H,30,35)(H2,24,26,27)/b8-3+/t11-,12-,18?,22?/m1/s1. The molecule has 4 atom stereocenters. The molecule has 2 unspecified atom stereocenters. The molecule has 4 aliphatic rings. The van der Waals surface area contributed by atoms with E-state index >= 15 is 0 Å². The van der Waals surface area contributed by atoms with E-state index in [0.717, 1.165) is 10.9 Å². The number of rotatable bonds is 2. The van der Waals surface area contributed by atoms with Gasteiger partial charge in [0.2, 0.25) is 0 Å². The number of hydrogen-bond donors (Lipinski definition) is 11. The number of carbonyl (C=O) groups is 1. The number of nitrogens with one attached hydrogen (secondary N) is 3. The fourth-order valence-corrected chi connectivity index (χ4v) is 6.94. The Bertz CT molecular complexity index is 1910. The Morgan fingerprint density at radius 1 is 1.17 bits per heavy atom. The molecule has 3 aromatic heterocycles. The molecule has 7 rings (SSSR count). The van der Waals surface area contributed by atoms with E-state index in [9.17, 15) is 39.8 Å². The predicted molar refractivity (Wildman–Crippen MR) is 154 cm³/mol. The summed E-state index contributed by atoms with van der Waals surface area (Å²) >= 11 is 0. The van der Waals surface area contributed by atoms with Crippen molar-refractivity contribution in [3.8, 4) is 23.5 Å². The zero-order valence-electron chi connectivity index (χ0n) is 23.4. The van der Waals surface area contributed by atoms with Crippen LogP contribution in [0.1, 0.15) is 11.3 Å². The topological polar surface area (TPSA) is 344 Å². The first-order valence-electron chi connectivity index (χ1n) is 13.3. The second-order valence-corrected chi connectivity index (χ2v) is 13.4. The Kier molecular flexibility index (Phi) is 7.28. The van der Waals surface area contributed by atoms with E-state index in [-0.39, 0.29) is 35.0 Å². The molecule has 0 radical (unpaired) electrons. The number of hydrogen-bond acceptors (Lipinski definition) is 21. The summed E-state index contributed by atoms with van der Waals surface area (Å²) in [5, 5.41) is 40.1. The molecule has 0 saturated carbocycles. The number of aromatic nitrogens is 3. The van der Waals surface area contributed by atoms with Gasteiger partial charge in [0.1, 0.15) is 0 Å². The number of aromatic hydroxyl groups is 1. The molecule has 3 aromatic rings. The summed E-state index contributed by atoms with van der Waals surface area (Å²) in [5.41, 5.74) is 11.8. The van der Waals surface area contributed by atoms with Crippen LogP contribution < -0.4 is 31.9 Å². The number of aliphatic hydroxyl groups is 1. The number of anilines is 1. The maximum atomic E-state index is 12.4. The molecule has 0 aromatic carbocycles. The molecule has 4 aliphatic heterocycles. The number of fused-ring (bicyclic) bond motifs is 5. The van der Waals surface area contributed by atoms with Gasteiger partial charge >= 0.3 is 262 Å². The van der Waals surface area contributed by atoms with Crippen LogP contribution in [0.4, 0.5) is 5.82 Å².